The van der Waals surface area contributed by atoms with Crippen LogP contribution in [-0.2, 0) is 4.79 Å². The van der Waals surface area contributed by atoms with E-state index in [-0.39, 0.29) is 12.1 Å². The lowest BCUT2D eigenvalue weighted by Gasteiger charge is -2.19. The van der Waals surface area contributed by atoms with Crippen LogP contribution in [0.1, 0.15) is 0 Å². The number of hydrogen-bond donors (Lipinski definition) is 1. The maximum absolute atomic E-state index is 10.6. The second-order valence-electron chi connectivity index (χ2n) is 3.47. The number of likely N-dealkylation sites (N-methyl/N-ethyl adjacent to an activating group) is 1. The van der Waals surface area contributed by atoms with Gasteiger partial charge in [-0.05, 0) is 12.1 Å². The molecule has 86 valence electrons. The Kier molecular flexibility index (Phi) is 3.94. The van der Waals surface area contributed by atoms with Crippen LogP contribution in [0.15, 0.2) is 36.4 Å². The van der Waals surface area contributed by atoms with Gasteiger partial charge in [0.2, 0.25) is 0 Å². The van der Waals surface area contributed by atoms with E-state index >= 15 is 0 Å². The number of anilines is 1. The van der Waals surface area contributed by atoms with Crippen LogP contribution in [0.5, 0.6) is 5.75 Å². The first-order valence-corrected chi connectivity index (χ1v) is 4.81. The van der Waals surface area contributed by atoms with Crippen LogP contribution in [0.25, 0.3) is 0 Å². The molecule has 0 saturated heterocycles. The number of methoxy groups -OCH3 is 1. The number of aliphatic carboxylic acids is 1. The van der Waals surface area contributed by atoms with Crippen LogP contribution in [0.3, 0.4) is 0 Å². The minimum absolute atomic E-state index is 0.158. The predicted octanol–water partition coefficient (Wildman–Crippen LogP) is 1.77. The van der Waals surface area contributed by atoms with Crippen LogP contribution in [0.4, 0.5) is 5.69 Å². The zero-order valence-electron chi connectivity index (χ0n) is 9.43. The lowest BCUT2D eigenvalue weighted by molar-refractivity contribution is -0.132. The Bertz CT molecular complexity index is 401. The summed E-state index contributed by atoms with van der Waals surface area (Å²) in [6, 6.07) is 7.42. The Labute approximate surface area is 94.8 Å². The molecule has 0 radical (unpaired) electrons. The molecule has 0 saturated carbocycles. The number of carboxylic acids is 1. The summed E-state index contributed by atoms with van der Waals surface area (Å²) in [4.78, 5) is 12.4. The predicted molar refractivity (Wildman–Crippen MR) is 63.0 cm³/mol. The fourth-order valence-electron chi connectivity index (χ4n) is 1.29. The van der Waals surface area contributed by atoms with Crippen molar-refractivity contribution >= 4 is 11.7 Å². The van der Waals surface area contributed by atoms with Gasteiger partial charge >= 0.3 is 5.97 Å². The topological polar surface area (TPSA) is 49.8 Å². The SMILES string of the molecule is C=C(CN(C)c1cccc(OC)c1)C(=O)O. The molecule has 0 unspecified atom stereocenters. The zero-order chi connectivity index (χ0) is 12.1. The maximum atomic E-state index is 10.6. The molecule has 0 aliphatic carbocycles. The van der Waals surface area contributed by atoms with Gasteiger partial charge < -0.3 is 14.7 Å². The summed E-state index contributed by atoms with van der Waals surface area (Å²) in [6.45, 7) is 3.77. The number of nitrogens with zero attached hydrogens (tertiary/aromatic N) is 1. The normalized spacial score (nSPS) is 9.62. The third-order valence-corrected chi connectivity index (χ3v) is 2.22. The molecule has 0 fully saturated rings. The van der Waals surface area contributed by atoms with Crippen molar-refractivity contribution in [1.29, 1.82) is 0 Å². The molecule has 0 spiro atoms. The van der Waals surface area contributed by atoms with Crippen LogP contribution in [0.2, 0.25) is 0 Å². The Morgan fingerprint density at radius 3 is 2.81 bits per heavy atom. The van der Waals surface area contributed by atoms with Crippen molar-refractivity contribution < 1.29 is 14.6 Å². The summed E-state index contributed by atoms with van der Waals surface area (Å²) in [5.41, 5.74) is 1.05. The third kappa shape index (κ3) is 3.02. The van der Waals surface area contributed by atoms with Gasteiger partial charge in [0, 0.05) is 30.9 Å². The van der Waals surface area contributed by atoms with Gasteiger partial charge in [-0.2, -0.15) is 0 Å². The largest absolute Gasteiger partial charge is 0.497 e. The van der Waals surface area contributed by atoms with Crippen LogP contribution < -0.4 is 9.64 Å². The van der Waals surface area contributed by atoms with Crippen molar-refractivity contribution in [2.45, 2.75) is 0 Å². The average molecular weight is 221 g/mol. The minimum atomic E-state index is -0.977. The van der Waals surface area contributed by atoms with E-state index in [4.69, 9.17) is 9.84 Å². The molecule has 1 N–H and O–H groups in total. The van der Waals surface area contributed by atoms with E-state index in [1.54, 1.807) is 12.0 Å². The molecule has 4 heteroatoms. The summed E-state index contributed by atoms with van der Waals surface area (Å²) in [6.07, 6.45) is 0. The van der Waals surface area contributed by atoms with Crippen molar-refractivity contribution in [3.05, 3.63) is 36.4 Å². The Morgan fingerprint density at radius 1 is 1.56 bits per heavy atom. The Morgan fingerprint density at radius 2 is 2.25 bits per heavy atom. The first-order valence-electron chi connectivity index (χ1n) is 4.81. The molecule has 0 aliphatic heterocycles. The van der Waals surface area contributed by atoms with Gasteiger partial charge in [0.15, 0.2) is 0 Å². The number of carbonyl (C=O) groups is 1. The van der Waals surface area contributed by atoms with Gasteiger partial charge in [0.05, 0.1) is 7.11 Å². The third-order valence-electron chi connectivity index (χ3n) is 2.22. The van der Waals surface area contributed by atoms with E-state index in [2.05, 4.69) is 6.58 Å². The molecule has 16 heavy (non-hydrogen) atoms. The first-order chi connectivity index (χ1) is 7.54. The van der Waals surface area contributed by atoms with Gasteiger partial charge in [0.25, 0.3) is 0 Å². The molecule has 0 atom stereocenters. The van der Waals surface area contributed by atoms with Crippen molar-refractivity contribution in [2.75, 3.05) is 25.6 Å². The van der Waals surface area contributed by atoms with E-state index in [9.17, 15) is 4.79 Å². The van der Waals surface area contributed by atoms with Gasteiger partial charge in [-0.15, -0.1) is 0 Å². The smallest absolute Gasteiger partial charge is 0.332 e. The van der Waals surface area contributed by atoms with Crippen molar-refractivity contribution in [1.82, 2.24) is 0 Å². The van der Waals surface area contributed by atoms with Crippen molar-refractivity contribution in [2.24, 2.45) is 0 Å². The molecule has 4 nitrogen and oxygen atoms in total. The number of benzene rings is 1. The fraction of sp³-hybridized carbons (Fsp3) is 0.250. The highest BCUT2D eigenvalue weighted by molar-refractivity contribution is 5.87. The van der Waals surface area contributed by atoms with E-state index < -0.39 is 5.97 Å². The quantitative estimate of drug-likeness (QED) is 0.770. The van der Waals surface area contributed by atoms with Crippen LogP contribution >= 0.6 is 0 Å². The summed E-state index contributed by atoms with van der Waals surface area (Å²) in [5, 5.41) is 8.73. The molecule has 0 aliphatic rings. The lowest BCUT2D eigenvalue weighted by atomic mass is 10.2. The molecular formula is C12H15NO3. The maximum Gasteiger partial charge on any atom is 0.332 e. The summed E-state index contributed by atoms with van der Waals surface area (Å²) >= 11 is 0. The van der Waals surface area contributed by atoms with Gasteiger partial charge in [-0.1, -0.05) is 12.6 Å². The zero-order valence-corrected chi connectivity index (χ0v) is 9.43. The molecule has 0 aromatic heterocycles. The molecule has 1 aromatic carbocycles. The van der Waals surface area contributed by atoms with Crippen molar-refractivity contribution in [3.63, 3.8) is 0 Å². The molecule has 0 bridgehead atoms. The van der Waals surface area contributed by atoms with Gasteiger partial charge in [-0.25, -0.2) is 4.79 Å². The molecule has 1 rings (SSSR count). The minimum Gasteiger partial charge on any atom is -0.497 e. The molecule has 0 heterocycles. The first kappa shape index (κ1) is 12.1. The summed E-state index contributed by atoms with van der Waals surface area (Å²) in [7, 11) is 3.40. The van der Waals surface area contributed by atoms with E-state index in [1.807, 2.05) is 31.3 Å². The highest BCUT2D eigenvalue weighted by Gasteiger charge is 2.08. The second kappa shape index (κ2) is 5.21. The number of carboxylic acid groups (broad SMARTS) is 1. The van der Waals surface area contributed by atoms with E-state index in [0.717, 1.165) is 11.4 Å². The molecular weight excluding hydrogens is 206 g/mol. The lowest BCUT2D eigenvalue weighted by Crippen LogP contribution is -2.22. The van der Waals surface area contributed by atoms with Crippen LogP contribution in [-0.4, -0.2) is 31.8 Å². The summed E-state index contributed by atoms with van der Waals surface area (Å²) in [5.74, 6) is -0.236. The Balaban J connectivity index is 2.76. The molecule has 0 amide bonds. The van der Waals surface area contributed by atoms with Crippen LogP contribution in [0, 0.1) is 0 Å². The van der Waals surface area contributed by atoms with E-state index in [1.165, 1.54) is 0 Å². The second-order valence-corrected chi connectivity index (χ2v) is 3.47. The van der Waals surface area contributed by atoms with E-state index in [0.29, 0.717) is 0 Å². The number of ether oxygens (including phenoxy) is 1. The highest BCUT2D eigenvalue weighted by atomic mass is 16.5. The highest BCUT2D eigenvalue weighted by Crippen LogP contribution is 2.20. The number of hydrogen-bond acceptors (Lipinski definition) is 3. The number of rotatable bonds is 5. The standard InChI is InChI=1S/C12H15NO3/c1-9(12(14)15)8-13(2)10-5-4-6-11(7-10)16-3/h4-7H,1,8H2,2-3H3,(H,14,15). The van der Waals surface area contributed by atoms with Gasteiger partial charge in [0.1, 0.15) is 5.75 Å². The van der Waals surface area contributed by atoms with Crippen molar-refractivity contribution in [3.8, 4) is 5.75 Å². The summed E-state index contributed by atoms with van der Waals surface area (Å²) < 4.78 is 5.09. The molecule has 1 aromatic rings. The fourth-order valence-corrected chi connectivity index (χ4v) is 1.29. The average Bonchev–Trinajstić information content (AvgIpc) is 2.28. The monoisotopic (exact) mass is 221 g/mol. The van der Waals surface area contributed by atoms with Gasteiger partial charge in [-0.3, -0.25) is 0 Å². The Hall–Kier alpha value is -1.97.